The van der Waals surface area contributed by atoms with Crippen LogP contribution in [0.2, 0.25) is 0 Å². The maximum Gasteiger partial charge on any atom is 0.326 e. The Labute approximate surface area is 190 Å². The van der Waals surface area contributed by atoms with Crippen molar-refractivity contribution in [2.45, 2.75) is 35.6 Å². The highest BCUT2D eigenvalue weighted by atomic mass is 32.2. The Hall–Kier alpha value is -2.46. The van der Waals surface area contributed by atoms with Gasteiger partial charge in [0.2, 0.25) is 11.8 Å². The molecule has 2 aliphatic carbocycles. The first-order valence-corrected chi connectivity index (χ1v) is 12.2. The van der Waals surface area contributed by atoms with Crippen molar-refractivity contribution >= 4 is 40.9 Å². The smallest absolute Gasteiger partial charge is 0.326 e. The fourth-order valence-corrected chi connectivity index (χ4v) is 9.46. The van der Waals surface area contributed by atoms with Gasteiger partial charge in [-0.25, -0.2) is 9.18 Å². The van der Waals surface area contributed by atoms with Gasteiger partial charge >= 0.3 is 10.8 Å². The Kier molecular flexibility index (Phi) is 4.27. The van der Waals surface area contributed by atoms with Gasteiger partial charge in [-0.3, -0.25) is 19.3 Å². The number of carbonyl (C=O) groups is 3. The van der Waals surface area contributed by atoms with E-state index in [1.165, 1.54) is 19.1 Å². The predicted molar refractivity (Wildman–Crippen MR) is 114 cm³/mol. The van der Waals surface area contributed by atoms with Crippen LogP contribution in [0.25, 0.3) is 0 Å². The molecule has 6 rings (SSSR count). The van der Waals surface area contributed by atoms with E-state index in [2.05, 4.69) is 4.98 Å². The zero-order valence-electron chi connectivity index (χ0n) is 16.9. The van der Waals surface area contributed by atoms with Crippen molar-refractivity contribution in [3.8, 4) is 0 Å². The number of likely N-dealkylation sites (tertiary alicyclic amines) is 1. The zero-order chi connectivity index (χ0) is 22.5. The number of nitrogens with one attached hydrogen (secondary N) is 1. The van der Waals surface area contributed by atoms with E-state index in [9.17, 15) is 28.7 Å². The summed E-state index contributed by atoms with van der Waals surface area (Å²) in [5.41, 5.74) is 0.884. The number of carboxylic acid groups (broad SMARTS) is 1. The summed E-state index contributed by atoms with van der Waals surface area (Å²) in [6.45, 7) is 1.37. The number of rotatable bonds is 3. The van der Waals surface area contributed by atoms with E-state index in [1.54, 1.807) is 23.9 Å². The molecule has 2 amide bonds. The third kappa shape index (κ3) is 2.53. The van der Waals surface area contributed by atoms with Crippen LogP contribution in [0.15, 0.2) is 34.1 Å². The monoisotopic (exact) mass is 474 g/mol. The molecule has 1 saturated heterocycles. The molecule has 3 fully saturated rings. The average molecular weight is 475 g/mol. The summed E-state index contributed by atoms with van der Waals surface area (Å²) in [5.74, 6) is -3.69. The first kappa shape index (κ1) is 20.2. The van der Waals surface area contributed by atoms with E-state index in [-0.39, 0.29) is 45.5 Å². The number of carbonyl (C=O) groups excluding carboxylic acids is 2. The van der Waals surface area contributed by atoms with Gasteiger partial charge in [-0.05, 0) is 48.8 Å². The van der Waals surface area contributed by atoms with Gasteiger partial charge in [0, 0.05) is 16.0 Å². The normalized spacial score (nSPS) is 35.6. The number of aromatic amines is 1. The first-order chi connectivity index (χ1) is 15.3. The number of aromatic nitrogens is 1. The molecule has 0 radical (unpaired) electrons. The van der Waals surface area contributed by atoms with Gasteiger partial charge in [-0.1, -0.05) is 23.5 Å². The van der Waals surface area contributed by atoms with Crippen LogP contribution in [0.3, 0.4) is 0 Å². The van der Waals surface area contributed by atoms with Crippen LogP contribution in [0.4, 0.5) is 4.39 Å². The topological polar surface area (TPSA) is 108 Å². The zero-order valence-corrected chi connectivity index (χ0v) is 18.5. The van der Waals surface area contributed by atoms with Gasteiger partial charge in [-0.2, -0.15) is 0 Å². The lowest BCUT2D eigenvalue weighted by Crippen LogP contribution is -2.44. The molecule has 7 nitrogen and oxygen atoms in total. The van der Waals surface area contributed by atoms with Crippen LogP contribution in [-0.2, 0) is 14.4 Å². The van der Waals surface area contributed by atoms with Crippen LogP contribution in [0, 0.1) is 35.4 Å². The summed E-state index contributed by atoms with van der Waals surface area (Å²) in [5, 5.41) is 10.2. The molecular formula is C22H19FN2O5S2. The number of thiazole rings is 1. The molecule has 2 N–H and O–H groups in total. The predicted octanol–water partition coefficient (Wildman–Crippen LogP) is 2.52. The molecule has 166 valence electrons. The number of imide groups is 1. The molecule has 0 spiro atoms. The number of halogens is 1. The Morgan fingerprint density at radius 1 is 1.16 bits per heavy atom. The van der Waals surface area contributed by atoms with Crippen LogP contribution < -0.4 is 4.87 Å². The molecule has 2 aliphatic heterocycles. The molecule has 2 aromatic rings. The lowest BCUT2D eigenvalue weighted by atomic mass is 9.68. The minimum Gasteiger partial charge on any atom is -0.480 e. The average Bonchev–Trinajstić information content (AvgIpc) is 3.47. The number of thioether (sulfide) groups is 1. The molecule has 32 heavy (non-hydrogen) atoms. The van der Waals surface area contributed by atoms with E-state index >= 15 is 0 Å². The highest BCUT2D eigenvalue weighted by molar-refractivity contribution is 8.00. The number of benzene rings is 1. The van der Waals surface area contributed by atoms with Crippen molar-refractivity contribution in [3.63, 3.8) is 0 Å². The van der Waals surface area contributed by atoms with E-state index in [4.69, 9.17) is 0 Å². The lowest BCUT2D eigenvalue weighted by Gasteiger charge is -2.43. The third-order valence-electron chi connectivity index (χ3n) is 7.73. The molecule has 10 heteroatoms. The number of carboxylic acids is 1. The molecule has 1 aromatic carbocycles. The van der Waals surface area contributed by atoms with Crippen LogP contribution in [0.1, 0.15) is 29.7 Å². The van der Waals surface area contributed by atoms with Gasteiger partial charge in [0.1, 0.15) is 11.9 Å². The fourth-order valence-electron chi connectivity index (χ4n) is 6.58. The van der Waals surface area contributed by atoms with Crippen molar-refractivity contribution < 1.29 is 23.9 Å². The number of amides is 2. The Bertz CT molecular complexity index is 1220. The second kappa shape index (κ2) is 6.77. The number of aliphatic carboxylic acids is 1. The molecule has 2 saturated carbocycles. The summed E-state index contributed by atoms with van der Waals surface area (Å²) in [6, 6.07) is 5.06. The maximum absolute atomic E-state index is 13.6. The maximum atomic E-state index is 13.6. The van der Waals surface area contributed by atoms with Gasteiger partial charge < -0.3 is 10.1 Å². The van der Waals surface area contributed by atoms with E-state index in [0.717, 1.165) is 38.1 Å². The molecule has 3 heterocycles. The molecule has 1 aromatic heterocycles. The van der Waals surface area contributed by atoms with Gasteiger partial charge in [-0.15, -0.1) is 11.8 Å². The minimum atomic E-state index is -1.20. The van der Waals surface area contributed by atoms with Crippen molar-refractivity contribution in [2.24, 2.45) is 29.6 Å². The van der Waals surface area contributed by atoms with Crippen LogP contribution in [-0.4, -0.2) is 44.1 Å². The SMILES string of the molecule is C[C@H](C(=O)O)N1C(=O)[C@@H]2[C@H]3C[C@@H]([C@@H]2C1=O)[C@@H]1[C@H](c2ccc(F)cc2)c2sc(=O)[nH]c2S[C@@H]31. The van der Waals surface area contributed by atoms with Gasteiger partial charge in [0.05, 0.1) is 16.9 Å². The summed E-state index contributed by atoms with van der Waals surface area (Å²) >= 11 is 2.71. The Morgan fingerprint density at radius 2 is 1.81 bits per heavy atom. The van der Waals surface area contributed by atoms with E-state index in [0.29, 0.717) is 0 Å². The molecular weight excluding hydrogens is 455 g/mol. The fraction of sp³-hybridized carbons (Fsp3) is 0.455. The minimum absolute atomic E-state index is 0.00694. The lowest BCUT2D eigenvalue weighted by molar-refractivity contribution is -0.154. The number of hydrogen-bond acceptors (Lipinski definition) is 6. The molecule has 8 atom stereocenters. The molecule has 0 unspecified atom stereocenters. The standard InChI is InChI=1S/C22H19FN2O5S2/c1-7(21(28)29)25-19(26)14-10-6-11(15(14)20(25)27)16-13(10)12(8-2-4-9(23)5-3-8)17-18(31-16)24-22(30)32-17/h2-5,7,10-16H,6H2,1H3,(H,24,30)(H,28,29)/t7-,10-,11-,12+,13-,14+,15-,16+/m1/s1. The van der Waals surface area contributed by atoms with Crippen molar-refractivity contribution in [2.75, 3.05) is 0 Å². The van der Waals surface area contributed by atoms with E-state index < -0.39 is 29.8 Å². The van der Waals surface area contributed by atoms with Crippen LogP contribution in [0.5, 0.6) is 0 Å². The molecule has 2 bridgehead atoms. The number of nitrogens with zero attached hydrogens (tertiary/aromatic N) is 1. The van der Waals surface area contributed by atoms with Crippen LogP contribution >= 0.6 is 23.1 Å². The quantitative estimate of drug-likeness (QED) is 0.662. The number of H-pyrrole nitrogens is 1. The van der Waals surface area contributed by atoms with Crippen molar-refractivity contribution in [1.82, 2.24) is 9.88 Å². The summed E-state index contributed by atoms with van der Waals surface area (Å²) in [4.78, 5) is 54.8. The third-order valence-corrected chi connectivity index (χ3v) is 10.3. The summed E-state index contributed by atoms with van der Waals surface area (Å²) in [6.07, 6.45) is 0.724. The summed E-state index contributed by atoms with van der Waals surface area (Å²) < 4.78 is 13.6. The second-order valence-corrected chi connectivity index (χ2v) is 11.3. The van der Waals surface area contributed by atoms with Gasteiger partial charge in [0.25, 0.3) is 0 Å². The number of hydrogen-bond donors (Lipinski definition) is 2. The van der Waals surface area contributed by atoms with Crippen molar-refractivity contribution in [3.05, 3.63) is 50.2 Å². The largest absolute Gasteiger partial charge is 0.480 e. The highest BCUT2D eigenvalue weighted by Gasteiger charge is 2.70. The number of fused-ring (bicyclic) bond motifs is 9. The molecule has 4 aliphatic rings. The van der Waals surface area contributed by atoms with Crippen molar-refractivity contribution in [1.29, 1.82) is 0 Å². The van der Waals surface area contributed by atoms with Gasteiger partial charge in [0.15, 0.2) is 0 Å². The first-order valence-electron chi connectivity index (χ1n) is 10.5. The highest BCUT2D eigenvalue weighted by Crippen LogP contribution is 2.68. The van der Waals surface area contributed by atoms with E-state index in [1.807, 2.05) is 0 Å². The summed E-state index contributed by atoms with van der Waals surface area (Å²) in [7, 11) is 0. The Morgan fingerprint density at radius 3 is 2.47 bits per heavy atom. The second-order valence-electron chi connectivity index (χ2n) is 9.07. The Balaban J connectivity index is 1.45.